The number of aryl methyl sites for hydroxylation is 1. The number of hydrogen-bond donors (Lipinski definition) is 2. The fourth-order valence-corrected chi connectivity index (χ4v) is 3.84. The van der Waals surface area contributed by atoms with Gasteiger partial charge in [0.2, 0.25) is 5.91 Å². The summed E-state index contributed by atoms with van der Waals surface area (Å²) >= 11 is 7.19. The number of thioether (sulfide) groups is 1. The number of amides is 1. The third kappa shape index (κ3) is 4.36. The van der Waals surface area contributed by atoms with Gasteiger partial charge in [0, 0.05) is 22.4 Å². The summed E-state index contributed by atoms with van der Waals surface area (Å²) in [4.78, 5) is 32.9. The number of carbonyl (C=O) groups excluding carboxylic acids is 1. The molecule has 0 radical (unpaired) electrons. The Morgan fingerprint density at radius 2 is 2.19 bits per heavy atom. The monoisotopic (exact) mass is 404 g/mol. The molecule has 1 atom stereocenters. The van der Waals surface area contributed by atoms with E-state index in [1.165, 1.54) is 11.8 Å². The number of anilines is 1. The Balaban J connectivity index is 1.85. The van der Waals surface area contributed by atoms with E-state index in [1.807, 2.05) is 26.8 Å². The van der Waals surface area contributed by atoms with Crippen LogP contribution in [0.25, 0.3) is 11.0 Å². The number of aromatic nitrogens is 3. The maximum Gasteiger partial charge on any atom is 0.278 e. The number of carbonyl (C=O) groups is 1. The summed E-state index contributed by atoms with van der Waals surface area (Å²) in [6.07, 6.45) is 0.787. The van der Waals surface area contributed by atoms with Gasteiger partial charge in [0.25, 0.3) is 5.56 Å². The highest BCUT2D eigenvalue weighted by Gasteiger charge is 2.18. The number of rotatable bonds is 6. The molecule has 1 unspecified atom stereocenters. The molecule has 0 aliphatic rings. The molecule has 0 saturated heterocycles. The van der Waals surface area contributed by atoms with E-state index >= 15 is 0 Å². The van der Waals surface area contributed by atoms with Gasteiger partial charge in [-0.1, -0.05) is 36.4 Å². The lowest BCUT2D eigenvalue weighted by Crippen LogP contribution is -2.26. The van der Waals surface area contributed by atoms with Crippen LogP contribution in [0.2, 0.25) is 5.02 Å². The molecule has 0 fully saturated rings. The van der Waals surface area contributed by atoms with E-state index in [0.29, 0.717) is 26.9 Å². The SMILES string of the molecule is CCC(C)n1c(SCC(=O)Nc2cccc(Cl)c2)nc2cc(C)[nH]c2c1=O. The van der Waals surface area contributed by atoms with Gasteiger partial charge >= 0.3 is 0 Å². The highest BCUT2D eigenvalue weighted by atomic mass is 35.5. The molecule has 3 aromatic rings. The molecule has 3 rings (SSSR count). The molecule has 2 N–H and O–H groups in total. The van der Waals surface area contributed by atoms with Gasteiger partial charge in [0.1, 0.15) is 5.52 Å². The average molecular weight is 405 g/mol. The zero-order chi connectivity index (χ0) is 19.6. The van der Waals surface area contributed by atoms with E-state index in [-0.39, 0.29) is 23.3 Å². The Kier molecular flexibility index (Phi) is 5.92. The summed E-state index contributed by atoms with van der Waals surface area (Å²) in [7, 11) is 0. The van der Waals surface area contributed by atoms with Gasteiger partial charge in [-0.3, -0.25) is 14.2 Å². The van der Waals surface area contributed by atoms with Gasteiger partial charge in [-0.25, -0.2) is 4.98 Å². The highest BCUT2D eigenvalue weighted by molar-refractivity contribution is 7.99. The van der Waals surface area contributed by atoms with E-state index in [9.17, 15) is 9.59 Å². The predicted octanol–water partition coefficient (Wildman–Crippen LogP) is 4.39. The molecular formula is C19H21ClN4O2S. The molecule has 2 heterocycles. The van der Waals surface area contributed by atoms with Crippen LogP contribution in [-0.4, -0.2) is 26.2 Å². The van der Waals surface area contributed by atoms with Crippen molar-refractivity contribution in [3.05, 3.63) is 51.4 Å². The van der Waals surface area contributed by atoms with Crippen LogP contribution in [0.5, 0.6) is 0 Å². The van der Waals surface area contributed by atoms with Crippen LogP contribution in [0.15, 0.2) is 40.3 Å². The lowest BCUT2D eigenvalue weighted by atomic mass is 10.2. The number of benzene rings is 1. The zero-order valence-electron chi connectivity index (χ0n) is 15.4. The molecule has 0 bridgehead atoms. The summed E-state index contributed by atoms with van der Waals surface area (Å²) in [5.41, 5.74) is 2.53. The number of hydrogen-bond acceptors (Lipinski definition) is 4. The molecule has 6 nitrogen and oxygen atoms in total. The van der Waals surface area contributed by atoms with Crippen LogP contribution in [0, 0.1) is 6.92 Å². The number of fused-ring (bicyclic) bond motifs is 1. The van der Waals surface area contributed by atoms with Crippen LogP contribution < -0.4 is 10.9 Å². The summed E-state index contributed by atoms with van der Waals surface area (Å²) in [5.74, 6) is -0.0397. The topological polar surface area (TPSA) is 79.8 Å². The van der Waals surface area contributed by atoms with Crippen LogP contribution >= 0.6 is 23.4 Å². The minimum atomic E-state index is -0.183. The van der Waals surface area contributed by atoms with Crippen LogP contribution in [0.4, 0.5) is 5.69 Å². The average Bonchev–Trinajstić information content (AvgIpc) is 3.00. The van der Waals surface area contributed by atoms with Crippen LogP contribution in [0.3, 0.4) is 0 Å². The van der Waals surface area contributed by atoms with Gasteiger partial charge in [-0.05, 0) is 44.5 Å². The highest BCUT2D eigenvalue weighted by Crippen LogP contribution is 2.23. The number of halogens is 1. The Hall–Kier alpha value is -2.25. The maximum atomic E-state index is 12.9. The number of aromatic amines is 1. The molecule has 0 aliphatic heterocycles. The van der Waals surface area contributed by atoms with E-state index < -0.39 is 0 Å². The Bertz CT molecular complexity index is 1040. The standard InChI is InChI=1S/C19H21ClN4O2S/c1-4-12(3)24-18(26)17-15(8-11(2)21-17)23-19(24)27-10-16(25)22-14-7-5-6-13(20)9-14/h5-9,12,21H,4,10H2,1-3H3,(H,22,25). The van der Waals surface area contributed by atoms with E-state index in [2.05, 4.69) is 15.3 Å². The maximum absolute atomic E-state index is 12.9. The first kappa shape index (κ1) is 19.5. The van der Waals surface area contributed by atoms with Crippen molar-refractivity contribution in [2.45, 2.75) is 38.4 Å². The lowest BCUT2D eigenvalue weighted by Gasteiger charge is -2.17. The summed E-state index contributed by atoms with van der Waals surface area (Å²) < 4.78 is 1.66. The Morgan fingerprint density at radius 3 is 2.89 bits per heavy atom. The van der Waals surface area contributed by atoms with E-state index in [1.54, 1.807) is 28.8 Å². The number of H-pyrrole nitrogens is 1. The van der Waals surface area contributed by atoms with Gasteiger partial charge in [-0.2, -0.15) is 0 Å². The largest absolute Gasteiger partial charge is 0.353 e. The molecule has 2 aromatic heterocycles. The Morgan fingerprint density at radius 1 is 1.41 bits per heavy atom. The van der Waals surface area contributed by atoms with Crippen molar-refractivity contribution < 1.29 is 4.79 Å². The second kappa shape index (κ2) is 8.19. The van der Waals surface area contributed by atoms with Crippen molar-refractivity contribution >= 4 is 46.0 Å². The second-order valence-electron chi connectivity index (χ2n) is 6.39. The van der Waals surface area contributed by atoms with Gasteiger partial charge < -0.3 is 10.3 Å². The quantitative estimate of drug-likeness (QED) is 0.471. The normalized spacial score (nSPS) is 12.3. The molecule has 1 aromatic carbocycles. The summed E-state index contributed by atoms with van der Waals surface area (Å²) in [6.45, 7) is 5.88. The van der Waals surface area contributed by atoms with Gasteiger partial charge in [0.15, 0.2) is 5.16 Å². The molecule has 0 aliphatic carbocycles. The minimum Gasteiger partial charge on any atom is -0.353 e. The first-order valence-electron chi connectivity index (χ1n) is 8.69. The zero-order valence-corrected chi connectivity index (χ0v) is 16.9. The Labute approximate surface area is 166 Å². The van der Waals surface area contributed by atoms with Crippen molar-refractivity contribution in [3.63, 3.8) is 0 Å². The van der Waals surface area contributed by atoms with Crippen molar-refractivity contribution in [1.82, 2.24) is 14.5 Å². The number of nitrogens with one attached hydrogen (secondary N) is 2. The van der Waals surface area contributed by atoms with Crippen LogP contribution in [-0.2, 0) is 4.79 Å². The molecule has 0 saturated carbocycles. The fourth-order valence-electron chi connectivity index (χ4n) is 2.76. The third-order valence-corrected chi connectivity index (χ3v) is 5.45. The minimum absolute atomic E-state index is 0.0171. The van der Waals surface area contributed by atoms with Gasteiger partial charge in [0.05, 0.1) is 11.3 Å². The second-order valence-corrected chi connectivity index (χ2v) is 7.77. The van der Waals surface area contributed by atoms with Gasteiger partial charge in [-0.15, -0.1) is 0 Å². The first-order valence-corrected chi connectivity index (χ1v) is 10.1. The molecule has 0 spiro atoms. The van der Waals surface area contributed by atoms with E-state index in [4.69, 9.17) is 11.6 Å². The fraction of sp³-hybridized carbons (Fsp3) is 0.316. The summed E-state index contributed by atoms with van der Waals surface area (Å²) in [5, 5.41) is 3.91. The van der Waals surface area contributed by atoms with Crippen molar-refractivity contribution in [2.24, 2.45) is 0 Å². The summed E-state index contributed by atoms with van der Waals surface area (Å²) in [6, 6.07) is 8.80. The van der Waals surface area contributed by atoms with Crippen molar-refractivity contribution in [1.29, 1.82) is 0 Å². The third-order valence-electron chi connectivity index (χ3n) is 4.26. The number of nitrogens with zero attached hydrogens (tertiary/aromatic N) is 2. The van der Waals surface area contributed by atoms with E-state index in [0.717, 1.165) is 12.1 Å². The van der Waals surface area contributed by atoms with Crippen molar-refractivity contribution in [2.75, 3.05) is 11.1 Å². The molecule has 27 heavy (non-hydrogen) atoms. The molecule has 8 heteroatoms. The lowest BCUT2D eigenvalue weighted by molar-refractivity contribution is -0.113. The van der Waals surface area contributed by atoms with Crippen LogP contribution in [0.1, 0.15) is 32.0 Å². The molecular weight excluding hydrogens is 384 g/mol. The smallest absolute Gasteiger partial charge is 0.278 e. The first-order chi connectivity index (χ1) is 12.9. The predicted molar refractivity (Wildman–Crippen MR) is 111 cm³/mol. The van der Waals surface area contributed by atoms with Crippen molar-refractivity contribution in [3.8, 4) is 0 Å². The molecule has 1 amide bonds. The molecule has 142 valence electrons.